The van der Waals surface area contributed by atoms with Gasteiger partial charge in [0.05, 0.1) is 4.92 Å². The van der Waals surface area contributed by atoms with Gasteiger partial charge in [-0.25, -0.2) is 8.42 Å². The van der Waals surface area contributed by atoms with Crippen LogP contribution in [0.3, 0.4) is 0 Å². The number of hydrogen-bond acceptors (Lipinski definition) is 5. The zero-order chi connectivity index (χ0) is 16.4. The predicted octanol–water partition coefficient (Wildman–Crippen LogP) is 2.66. The lowest BCUT2D eigenvalue weighted by molar-refractivity contribution is -0.384. The Morgan fingerprint density at radius 1 is 1.43 bits per heavy atom. The summed E-state index contributed by atoms with van der Waals surface area (Å²) in [5.74, 6) is -0.557. The Hall–Kier alpha value is -1.38. The van der Waals surface area contributed by atoms with E-state index in [1.807, 2.05) is 6.92 Å². The van der Waals surface area contributed by atoms with E-state index in [9.17, 15) is 23.3 Å². The molecule has 1 rings (SSSR count). The van der Waals surface area contributed by atoms with Crippen LogP contribution in [0.5, 0.6) is 0 Å². The summed E-state index contributed by atoms with van der Waals surface area (Å²) in [7, 11) is 2.38. The molecule has 0 saturated heterocycles. The lowest BCUT2D eigenvalue weighted by atomic mass is 10.1. The summed E-state index contributed by atoms with van der Waals surface area (Å²) >= 11 is 5.68. The molecule has 0 aliphatic rings. The maximum Gasteiger partial charge on any atom is 0.290 e. The standard InChI is InChI=1S/C11H12Cl2N2O5S/c1-3-4-14(2)11(16)7-5-8(15(17)18)10(12)9(6-7)21(13,19)20/h5-6H,3-4H2,1-2H3. The van der Waals surface area contributed by atoms with Crippen molar-refractivity contribution in [2.45, 2.75) is 18.2 Å². The second-order valence-corrected chi connectivity index (χ2v) is 7.14. The van der Waals surface area contributed by atoms with Gasteiger partial charge in [0.25, 0.3) is 20.6 Å². The second-order valence-electron chi connectivity index (χ2n) is 4.23. The van der Waals surface area contributed by atoms with Crippen LogP contribution in [-0.2, 0) is 9.05 Å². The molecule has 0 N–H and O–H groups in total. The van der Waals surface area contributed by atoms with E-state index < -0.39 is 35.5 Å². The first-order chi connectivity index (χ1) is 9.59. The van der Waals surface area contributed by atoms with Gasteiger partial charge in [-0.05, 0) is 12.5 Å². The molecule has 10 heteroatoms. The number of hydrogen-bond donors (Lipinski definition) is 0. The van der Waals surface area contributed by atoms with Gasteiger partial charge in [0, 0.05) is 35.9 Å². The van der Waals surface area contributed by atoms with E-state index in [1.54, 1.807) is 0 Å². The fourth-order valence-corrected chi connectivity index (χ4v) is 3.23. The van der Waals surface area contributed by atoms with E-state index in [0.29, 0.717) is 13.0 Å². The molecule has 0 heterocycles. The number of carbonyl (C=O) groups is 1. The lowest BCUT2D eigenvalue weighted by Crippen LogP contribution is -2.27. The van der Waals surface area contributed by atoms with Gasteiger partial charge >= 0.3 is 0 Å². The Labute approximate surface area is 131 Å². The number of nitro groups is 1. The first kappa shape index (κ1) is 17.7. The van der Waals surface area contributed by atoms with Crippen molar-refractivity contribution in [1.82, 2.24) is 4.90 Å². The number of nitrogens with zero attached hydrogens (tertiary/aromatic N) is 2. The highest BCUT2D eigenvalue weighted by molar-refractivity contribution is 8.13. The fourth-order valence-electron chi connectivity index (χ4n) is 1.67. The smallest absolute Gasteiger partial charge is 0.290 e. The molecular formula is C11H12Cl2N2O5S. The van der Waals surface area contributed by atoms with Crippen molar-refractivity contribution in [3.05, 3.63) is 32.8 Å². The first-order valence-corrected chi connectivity index (χ1v) is 8.46. The third-order valence-corrected chi connectivity index (χ3v) is 4.49. The minimum Gasteiger partial charge on any atom is -0.342 e. The first-order valence-electron chi connectivity index (χ1n) is 5.77. The van der Waals surface area contributed by atoms with Crippen LogP contribution < -0.4 is 0 Å². The van der Waals surface area contributed by atoms with E-state index in [1.165, 1.54) is 11.9 Å². The fraction of sp³-hybridized carbons (Fsp3) is 0.364. The van der Waals surface area contributed by atoms with Gasteiger partial charge in [0.1, 0.15) is 9.92 Å². The van der Waals surface area contributed by atoms with Crippen LogP contribution in [0.2, 0.25) is 5.02 Å². The van der Waals surface area contributed by atoms with Crippen molar-refractivity contribution >= 4 is 42.9 Å². The van der Waals surface area contributed by atoms with E-state index in [2.05, 4.69) is 0 Å². The van der Waals surface area contributed by atoms with Gasteiger partial charge in [-0.2, -0.15) is 0 Å². The topological polar surface area (TPSA) is 97.6 Å². The van der Waals surface area contributed by atoms with Crippen molar-refractivity contribution in [1.29, 1.82) is 0 Å². The maximum absolute atomic E-state index is 12.1. The summed E-state index contributed by atoms with van der Waals surface area (Å²) in [5, 5.41) is 10.3. The quantitative estimate of drug-likeness (QED) is 0.459. The van der Waals surface area contributed by atoms with Crippen LogP contribution in [0.15, 0.2) is 17.0 Å². The van der Waals surface area contributed by atoms with Crippen LogP contribution in [-0.4, -0.2) is 37.7 Å². The van der Waals surface area contributed by atoms with Crippen molar-refractivity contribution < 1.29 is 18.1 Å². The van der Waals surface area contributed by atoms with Gasteiger partial charge in [0.2, 0.25) is 0 Å². The molecule has 0 saturated carbocycles. The van der Waals surface area contributed by atoms with E-state index in [4.69, 9.17) is 22.3 Å². The number of carbonyl (C=O) groups excluding carboxylic acids is 1. The minimum atomic E-state index is -4.32. The SMILES string of the molecule is CCCN(C)C(=O)c1cc([N+](=O)[O-])c(Cl)c(S(=O)(=O)Cl)c1. The summed E-state index contributed by atoms with van der Waals surface area (Å²) in [5.41, 5.74) is -0.854. The predicted molar refractivity (Wildman–Crippen MR) is 78.4 cm³/mol. The lowest BCUT2D eigenvalue weighted by Gasteiger charge is -2.16. The van der Waals surface area contributed by atoms with Crippen LogP contribution in [0.4, 0.5) is 5.69 Å². The average Bonchev–Trinajstić information content (AvgIpc) is 2.36. The number of amides is 1. The van der Waals surface area contributed by atoms with Crippen LogP contribution >= 0.6 is 22.3 Å². The molecule has 7 nitrogen and oxygen atoms in total. The van der Waals surface area contributed by atoms with Crippen molar-refractivity contribution in [3.8, 4) is 0 Å². The van der Waals surface area contributed by atoms with Crippen LogP contribution in [0, 0.1) is 10.1 Å². The Kier molecular flexibility index (Phi) is 5.54. The van der Waals surface area contributed by atoms with Crippen molar-refractivity contribution in [3.63, 3.8) is 0 Å². The largest absolute Gasteiger partial charge is 0.342 e. The second kappa shape index (κ2) is 6.59. The molecule has 0 aromatic heterocycles. The average molecular weight is 355 g/mol. The molecule has 1 aromatic rings. The molecule has 0 atom stereocenters. The highest BCUT2D eigenvalue weighted by atomic mass is 35.7. The van der Waals surface area contributed by atoms with Crippen molar-refractivity contribution in [2.75, 3.05) is 13.6 Å². The maximum atomic E-state index is 12.1. The van der Waals surface area contributed by atoms with Gasteiger partial charge in [-0.3, -0.25) is 14.9 Å². The number of benzene rings is 1. The molecule has 0 aliphatic carbocycles. The molecule has 0 radical (unpaired) electrons. The number of nitro benzene ring substituents is 1. The zero-order valence-electron chi connectivity index (χ0n) is 11.2. The van der Waals surface area contributed by atoms with E-state index >= 15 is 0 Å². The molecular weight excluding hydrogens is 343 g/mol. The molecule has 1 aromatic carbocycles. The van der Waals surface area contributed by atoms with E-state index in [-0.39, 0.29) is 5.56 Å². The molecule has 0 fully saturated rings. The minimum absolute atomic E-state index is 0.165. The molecule has 116 valence electrons. The summed E-state index contributed by atoms with van der Waals surface area (Å²) in [6.45, 7) is 2.26. The third-order valence-electron chi connectivity index (χ3n) is 2.63. The summed E-state index contributed by atoms with van der Waals surface area (Å²) in [6, 6.07) is 1.87. The van der Waals surface area contributed by atoms with Gasteiger partial charge in [-0.15, -0.1) is 0 Å². The Morgan fingerprint density at radius 3 is 2.43 bits per heavy atom. The molecule has 0 bridgehead atoms. The highest BCUT2D eigenvalue weighted by Crippen LogP contribution is 2.34. The Morgan fingerprint density at radius 2 is 2.00 bits per heavy atom. The summed E-state index contributed by atoms with van der Waals surface area (Å²) in [6.07, 6.45) is 0.679. The van der Waals surface area contributed by atoms with Crippen LogP contribution in [0.25, 0.3) is 0 Å². The number of rotatable bonds is 5. The molecule has 21 heavy (non-hydrogen) atoms. The van der Waals surface area contributed by atoms with Gasteiger partial charge in [0.15, 0.2) is 0 Å². The normalized spacial score (nSPS) is 11.2. The zero-order valence-corrected chi connectivity index (χ0v) is 13.5. The molecule has 0 aliphatic heterocycles. The molecule has 1 amide bonds. The third kappa shape index (κ3) is 4.05. The summed E-state index contributed by atoms with van der Waals surface area (Å²) in [4.78, 5) is 22.8. The van der Waals surface area contributed by atoms with E-state index in [0.717, 1.165) is 12.1 Å². The van der Waals surface area contributed by atoms with Crippen molar-refractivity contribution in [2.24, 2.45) is 0 Å². The highest BCUT2D eigenvalue weighted by Gasteiger charge is 2.27. The summed E-state index contributed by atoms with van der Waals surface area (Å²) < 4.78 is 22.9. The van der Waals surface area contributed by atoms with Gasteiger partial charge in [-0.1, -0.05) is 18.5 Å². The Bertz CT molecular complexity index is 690. The molecule has 0 unspecified atom stereocenters. The number of halogens is 2. The van der Waals surface area contributed by atoms with Gasteiger partial charge < -0.3 is 4.90 Å². The van der Waals surface area contributed by atoms with Crippen LogP contribution in [0.1, 0.15) is 23.7 Å². The monoisotopic (exact) mass is 354 g/mol. The Balaban J connectivity index is 3.52. The molecule has 0 spiro atoms.